The molecule has 5 heteroatoms. The molecule has 0 heterocycles. The number of nitrogens with two attached hydrogens (primary N) is 1. The summed E-state index contributed by atoms with van der Waals surface area (Å²) in [4.78, 5) is 0. The first kappa shape index (κ1) is 6.45. The summed E-state index contributed by atoms with van der Waals surface area (Å²) >= 11 is 11.7. The fourth-order valence-corrected chi connectivity index (χ4v) is 1.62. The van der Waals surface area contributed by atoms with E-state index in [9.17, 15) is 5.11 Å². The van der Waals surface area contributed by atoms with Crippen LogP contribution in [0.1, 0.15) is 35.0 Å². The number of hydrogen-bond acceptors (Lipinski definition) is 3. The third-order valence-corrected chi connectivity index (χ3v) is 2.58. The van der Waals surface area contributed by atoms with Crippen molar-refractivity contribution in [1.82, 2.24) is 5.32 Å². The molecular formula is C11H16Cl2N2O. The highest BCUT2D eigenvalue weighted by molar-refractivity contribution is 6.38. The molecule has 1 aromatic rings. The number of aliphatic hydroxyl groups excluding tert-OH is 1. The molecule has 0 saturated heterocycles. The maximum Gasteiger partial charge on any atom is 0.0915 e. The number of anilines is 1. The van der Waals surface area contributed by atoms with Crippen LogP contribution in [0.2, 0.25) is 10.0 Å². The Kier molecular flexibility index (Phi) is 2.31. The molecule has 3 nitrogen and oxygen atoms in total. The number of aliphatic hydroxyl groups is 1. The minimum absolute atomic E-state index is 0.0929. The Hall–Kier alpha value is -0.480. The second kappa shape index (κ2) is 5.73. The summed E-state index contributed by atoms with van der Waals surface area (Å²) in [5, 5.41) is 12.4. The second-order valence-electron chi connectivity index (χ2n) is 3.17. The Morgan fingerprint density at radius 3 is 2.56 bits per heavy atom. The number of benzene rings is 1. The first-order valence-corrected chi connectivity index (χ1v) is 5.14. The molecule has 0 spiro atoms. The maximum absolute atomic E-state index is 10.1. The van der Waals surface area contributed by atoms with Crippen molar-refractivity contribution in [3.8, 4) is 0 Å². The molecule has 0 saturated carbocycles. The van der Waals surface area contributed by atoms with Crippen molar-refractivity contribution >= 4 is 28.9 Å². The maximum atomic E-state index is 10.1. The van der Waals surface area contributed by atoms with Crippen LogP contribution in [0.25, 0.3) is 0 Å². The van der Waals surface area contributed by atoms with Crippen LogP contribution in [-0.2, 0) is 0 Å². The van der Waals surface area contributed by atoms with E-state index in [0.717, 1.165) is 0 Å². The Morgan fingerprint density at radius 2 is 2.06 bits per heavy atom. The van der Waals surface area contributed by atoms with Gasteiger partial charge in [-0.25, -0.2) is 0 Å². The smallest absolute Gasteiger partial charge is 0.0915 e. The zero-order valence-corrected chi connectivity index (χ0v) is 9.73. The molecular weight excluding hydrogens is 247 g/mol. The van der Waals surface area contributed by atoms with Gasteiger partial charge < -0.3 is 16.2 Å². The van der Waals surface area contributed by atoms with Crippen LogP contribution in [0.4, 0.5) is 5.69 Å². The number of rotatable bonds is 4. The first-order chi connectivity index (χ1) is 10.2. The van der Waals surface area contributed by atoms with Gasteiger partial charge in [0.05, 0.1) is 21.8 Å². The lowest BCUT2D eigenvalue weighted by molar-refractivity contribution is 0.171. The van der Waals surface area contributed by atoms with Crippen molar-refractivity contribution in [1.29, 1.82) is 0 Å². The molecule has 16 heavy (non-hydrogen) atoms. The van der Waals surface area contributed by atoms with E-state index in [2.05, 4.69) is 5.32 Å². The fraction of sp³-hybridized carbons (Fsp3) is 0.455. The van der Waals surface area contributed by atoms with Crippen molar-refractivity contribution in [2.75, 3.05) is 12.3 Å². The molecule has 0 aliphatic heterocycles. The van der Waals surface area contributed by atoms with Gasteiger partial charge in [0.15, 0.2) is 0 Å². The fourth-order valence-electron chi connectivity index (χ4n) is 1.11. The molecule has 1 unspecified atom stereocenters. The lowest BCUT2D eigenvalue weighted by Gasteiger charge is -2.15. The zero-order valence-electron chi connectivity index (χ0n) is 15.2. The predicted molar refractivity (Wildman–Crippen MR) is 69.0 cm³/mol. The quantitative estimate of drug-likeness (QED) is 0.737. The van der Waals surface area contributed by atoms with Crippen molar-refractivity contribution in [3.63, 3.8) is 0 Å². The Bertz CT molecular complexity index is 539. The van der Waals surface area contributed by atoms with E-state index in [1.807, 2.05) is 0 Å². The van der Waals surface area contributed by atoms with E-state index in [1.54, 1.807) is 0 Å². The van der Waals surface area contributed by atoms with Gasteiger partial charge in [0, 0.05) is 22.2 Å². The lowest BCUT2D eigenvalue weighted by atomic mass is 10.1. The van der Waals surface area contributed by atoms with Gasteiger partial charge in [-0.2, -0.15) is 0 Å². The molecule has 0 bridgehead atoms. The van der Waals surface area contributed by atoms with Crippen molar-refractivity contribution < 1.29 is 14.7 Å². The van der Waals surface area contributed by atoms with E-state index in [0.29, 0.717) is 0 Å². The summed E-state index contributed by atoms with van der Waals surface area (Å²) in [6.45, 7) is -6.76. The summed E-state index contributed by atoms with van der Waals surface area (Å²) < 4.78 is 51.4. The van der Waals surface area contributed by atoms with Gasteiger partial charge in [-0.3, -0.25) is 0 Å². The number of nitrogens with one attached hydrogen (secondary N) is 1. The highest BCUT2D eigenvalue weighted by atomic mass is 35.5. The number of nitrogen functional groups attached to an aromatic ring is 1. The molecule has 0 radical (unpaired) electrons. The molecule has 1 atom stereocenters. The lowest BCUT2D eigenvalue weighted by Crippen LogP contribution is -2.27. The van der Waals surface area contributed by atoms with Gasteiger partial charge in [-0.15, -0.1) is 0 Å². The van der Waals surface area contributed by atoms with Gasteiger partial charge in [0.25, 0.3) is 0 Å². The average molecular weight is 270 g/mol. The molecule has 0 amide bonds. The minimum Gasteiger partial charge on any atom is -0.396 e. The highest BCUT2D eigenvalue weighted by Crippen LogP contribution is 2.31. The average Bonchev–Trinajstić information content (AvgIpc) is 2.38. The van der Waals surface area contributed by atoms with Crippen molar-refractivity contribution in [3.05, 3.63) is 27.7 Å². The third kappa shape index (κ3) is 3.52. The molecule has 0 aliphatic carbocycles. The standard InChI is InChI=1S/C11H16Cl2N2O/c1-6(2)15-5-10(16)7-3-8(12)11(14)9(13)4-7/h3-4,6,10,15-16H,5,14H2,1-2H3/i1D3,2D3,6D. The van der Waals surface area contributed by atoms with Crippen LogP contribution in [0.15, 0.2) is 12.1 Å². The summed E-state index contributed by atoms with van der Waals surface area (Å²) in [6, 6.07) is -0.279. The highest BCUT2D eigenvalue weighted by Gasteiger charge is 2.12. The van der Waals surface area contributed by atoms with Gasteiger partial charge in [0.1, 0.15) is 0 Å². The number of halogens is 2. The van der Waals surface area contributed by atoms with Crippen molar-refractivity contribution in [2.45, 2.75) is 25.8 Å². The van der Waals surface area contributed by atoms with Gasteiger partial charge in [-0.1, -0.05) is 36.9 Å². The largest absolute Gasteiger partial charge is 0.396 e. The van der Waals surface area contributed by atoms with E-state index >= 15 is 0 Å². The first-order valence-electron chi connectivity index (χ1n) is 7.88. The second-order valence-corrected chi connectivity index (χ2v) is 3.98. The summed E-state index contributed by atoms with van der Waals surface area (Å²) in [6.07, 6.45) is -1.33. The van der Waals surface area contributed by atoms with E-state index < -0.39 is 32.4 Å². The monoisotopic (exact) mass is 269 g/mol. The molecule has 4 N–H and O–H groups in total. The molecule has 1 rings (SSSR count). The van der Waals surface area contributed by atoms with Gasteiger partial charge in [0.2, 0.25) is 0 Å². The SMILES string of the molecule is [2H]C([2H])([2H])C([2H])(NCC(O)c1cc(Cl)c(N)c(Cl)c1)C([2H])([2H])[2H]. The van der Waals surface area contributed by atoms with Crippen molar-refractivity contribution in [2.24, 2.45) is 0 Å². The molecule has 0 aliphatic rings. The van der Waals surface area contributed by atoms with E-state index in [1.165, 1.54) is 12.1 Å². The van der Waals surface area contributed by atoms with Crippen LogP contribution >= 0.6 is 23.2 Å². The van der Waals surface area contributed by atoms with Gasteiger partial charge >= 0.3 is 0 Å². The molecule has 1 aromatic carbocycles. The van der Waals surface area contributed by atoms with Crippen LogP contribution in [0, 0.1) is 0 Å². The van der Waals surface area contributed by atoms with Crippen LogP contribution < -0.4 is 11.1 Å². The summed E-state index contributed by atoms with van der Waals surface area (Å²) in [5.41, 5.74) is 5.90. The van der Waals surface area contributed by atoms with E-state index in [4.69, 9.17) is 38.5 Å². The Labute approximate surface area is 115 Å². The van der Waals surface area contributed by atoms with E-state index in [-0.39, 0.29) is 21.3 Å². The van der Waals surface area contributed by atoms with Crippen LogP contribution in [0.3, 0.4) is 0 Å². The Morgan fingerprint density at radius 1 is 1.50 bits per heavy atom. The third-order valence-electron chi connectivity index (χ3n) is 1.96. The minimum atomic E-state index is -3.13. The molecule has 0 fully saturated rings. The molecule has 0 aromatic heterocycles. The van der Waals surface area contributed by atoms with Crippen LogP contribution in [0.5, 0.6) is 0 Å². The zero-order chi connectivity index (χ0) is 18.2. The number of hydrogen-bond donors (Lipinski definition) is 3. The molecule has 90 valence electrons. The van der Waals surface area contributed by atoms with Crippen LogP contribution in [-0.4, -0.2) is 17.7 Å². The van der Waals surface area contributed by atoms with Gasteiger partial charge in [-0.05, 0) is 17.7 Å². The predicted octanol–water partition coefficient (Wildman–Crippen LogP) is 2.61. The normalized spacial score (nSPS) is 21.8. The topological polar surface area (TPSA) is 58.3 Å². The summed E-state index contributed by atoms with van der Waals surface area (Å²) in [7, 11) is 0. The summed E-state index contributed by atoms with van der Waals surface area (Å²) in [5.74, 6) is 0. The Balaban J connectivity index is 2.99.